The van der Waals surface area contributed by atoms with E-state index in [2.05, 4.69) is 101 Å². The Morgan fingerprint density at radius 3 is 1.31 bits per heavy atom. The maximum absolute atomic E-state index is 7.15. The highest BCUT2D eigenvalue weighted by atomic mass is 28.4. The molecule has 0 N–H and O–H groups in total. The molecule has 264 valence electrons. The van der Waals surface area contributed by atoms with Crippen molar-refractivity contribution in [3.63, 3.8) is 0 Å². The maximum Gasteiger partial charge on any atom is 0.679 e. The Kier molecular flexibility index (Phi) is 22.2. The number of hydrogen-bond donors (Lipinski definition) is 0. The van der Waals surface area contributed by atoms with E-state index in [0.29, 0.717) is 55.3 Å². The highest BCUT2D eigenvalue weighted by Gasteiger charge is 2.50. The van der Waals surface area contributed by atoms with E-state index in [9.17, 15) is 0 Å². The van der Waals surface area contributed by atoms with Gasteiger partial charge in [0.1, 0.15) is 0 Å². The third kappa shape index (κ3) is 20.3. The second-order valence-electron chi connectivity index (χ2n) is 15.8. The monoisotopic (exact) mass is 649 g/mol. The van der Waals surface area contributed by atoms with Crippen LogP contribution in [0.5, 0.6) is 0 Å². The summed E-state index contributed by atoms with van der Waals surface area (Å²) in [5.74, 6) is 3.46. The second-order valence-corrected chi connectivity index (χ2v) is 17.9. The standard InChI is InChI=1S/C40H76O4Si/c1-31(2)16-13-19-35(9)24-27-41-45(42-28-25-36(10)20-14-17-32(3)4,43-29-26-37(11)21-15-18-33(5)6)44-40-30-38(12)22-23-39(40)34(7)8/h16-18,34-40H,13-15,19-30H2,1-12H3. The molecule has 1 fully saturated rings. The van der Waals surface area contributed by atoms with Crippen LogP contribution in [-0.2, 0) is 17.7 Å². The minimum Gasteiger partial charge on any atom is -0.351 e. The summed E-state index contributed by atoms with van der Waals surface area (Å²) < 4.78 is 27.6. The first kappa shape index (κ1) is 42.3. The Morgan fingerprint density at radius 1 is 0.600 bits per heavy atom. The van der Waals surface area contributed by atoms with Gasteiger partial charge in [-0.25, -0.2) is 0 Å². The molecule has 5 heteroatoms. The molecule has 6 atom stereocenters. The van der Waals surface area contributed by atoms with Crippen LogP contribution in [0.3, 0.4) is 0 Å². The van der Waals surface area contributed by atoms with Crippen LogP contribution in [-0.4, -0.2) is 35.0 Å². The van der Waals surface area contributed by atoms with Crippen LogP contribution >= 0.6 is 0 Å². The third-order valence-corrected chi connectivity index (χ3v) is 11.8. The summed E-state index contributed by atoms with van der Waals surface area (Å²) in [6, 6.07) is 0. The van der Waals surface area contributed by atoms with Crippen molar-refractivity contribution in [3.8, 4) is 0 Å². The molecule has 0 radical (unpaired) electrons. The molecule has 1 aliphatic rings. The molecule has 0 amide bonds. The fraction of sp³-hybridized carbons (Fsp3) is 0.850. The van der Waals surface area contributed by atoms with E-state index < -0.39 is 9.05 Å². The molecular weight excluding hydrogens is 573 g/mol. The largest absolute Gasteiger partial charge is 0.679 e. The second kappa shape index (κ2) is 23.6. The summed E-state index contributed by atoms with van der Waals surface area (Å²) in [5, 5.41) is 0. The van der Waals surface area contributed by atoms with E-state index in [1.807, 2.05) is 0 Å². The van der Waals surface area contributed by atoms with Crippen molar-refractivity contribution in [1.29, 1.82) is 0 Å². The number of rotatable bonds is 24. The lowest BCUT2D eigenvalue weighted by molar-refractivity contribution is -0.0897. The van der Waals surface area contributed by atoms with Crippen molar-refractivity contribution in [2.75, 3.05) is 19.8 Å². The lowest BCUT2D eigenvalue weighted by Crippen LogP contribution is -2.54. The average Bonchev–Trinajstić information content (AvgIpc) is 2.92. The fourth-order valence-corrected chi connectivity index (χ4v) is 8.42. The molecule has 0 heterocycles. The van der Waals surface area contributed by atoms with Crippen LogP contribution < -0.4 is 0 Å². The van der Waals surface area contributed by atoms with Gasteiger partial charge in [-0.2, -0.15) is 0 Å². The minimum absolute atomic E-state index is 0.126. The van der Waals surface area contributed by atoms with E-state index in [0.717, 1.165) is 44.9 Å². The highest BCUT2D eigenvalue weighted by Crippen LogP contribution is 2.37. The zero-order valence-corrected chi connectivity index (χ0v) is 33.0. The van der Waals surface area contributed by atoms with Gasteiger partial charge < -0.3 is 17.7 Å². The van der Waals surface area contributed by atoms with Crippen molar-refractivity contribution in [2.45, 2.75) is 166 Å². The SMILES string of the molecule is CC(C)=CCCC(C)CCO[Si](OCCC(C)CCC=C(C)C)(OCCC(C)CCC=C(C)C)OC1CC(C)CCC1C(C)C. The van der Waals surface area contributed by atoms with E-state index in [1.54, 1.807) is 0 Å². The van der Waals surface area contributed by atoms with E-state index in [1.165, 1.54) is 48.8 Å². The minimum atomic E-state index is -3.38. The van der Waals surface area contributed by atoms with Crippen LogP contribution in [0, 0.1) is 35.5 Å². The van der Waals surface area contributed by atoms with Gasteiger partial charge in [-0.3, -0.25) is 0 Å². The summed E-state index contributed by atoms with van der Waals surface area (Å²) in [4.78, 5) is 0. The fourth-order valence-electron chi connectivity index (χ4n) is 6.22. The van der Waals surface area contributed by atoms with Crippen molar-refractivity contribution in [1.82, 2.24) is 0 Å². The van der Waals surface area contributed by atoms with Gasteiger partial charge in [0.15, 0.2) is 0 Å². The zero-order chi connectivity index (χ0) is 33.8. The summed E-state index contributed by atoms with van der Waals surface area (Å²) in [5.41, 5.74) is 4.19. The van der Waals surface area contributed by atoms with Gasteiger partial charge in [0.2, 0.25) is 0 Å². The normalized spacial score (nSPS) is 21.9. The molecule has 1 saturated carbocycles. The first-order valence-corrected chi connectivity index (χ1v) is 20.4. The maximum atomic E-state index is 7.15. The smallest absolute Gasteiger partial charge is 0.351 e. The van der Waals surface area contributed by atoms with Crippen molar-refractivity contribution in [2.24, 2.45) is 35.5 Å². The van der Waals surface area contributed by atoms with Gasteiger partial charge in [0, 0.05) is 19.8 Å². The predicted molar refractivity (Wildman–Crippen MR) is 197 cm³/mol. The molecule has 6 unspecified atom stereocenters. The van der Waals surface area contributed by atoms with Gasteiger partial charge in [0.05, 0.1) is 6.10 Å². The molecule has 0 spiro atoms. The molecule has 0 saturated heterocycles. The van der Waals surface area contributed by atoms with E-state index in [4.69, 9.17) is 17.7 Å². The van der Waals surface area contributed by atoms with Crippen LogP contribution in [0.4, 0.5) is 0 Å². The molecule has 0 aromatic rings. The van der Waals surface area contributed by atoms with E-state index >= 15 is 0 Å². The zero-order valence-electron chi connectivity index (χ0n) is 32.0. The van der Waals surface area contributed by atoms with Gasteiger partial charge in [0.25, 0.3) is 0 Å². The lowest BCUT2D eigenvalue weighted by Gasteiger charge is -2.41. The Hall–Kier alpha value is -0.723. The average molecular weight is 649 g/mol. The Balaban J connectivity index is 3.13. The van der Waals surface area contributed by atoms with Gasteiger partial charge >= 0.3 is 9.05 Å². The molecular formula is C40H76O4Si. The highest BCUT2D eigenvalue weighted by molar-refractivity contribution is 6.53. The quantitative estimate of drug-likeness (QED) is 0.0771. The predicted octanol–water partition coefficient (Wildman–Crippen LogP) is 12.3. The molecule has 1 aliphatic carbocycles. The van der Waals surface area contributed by atoms with Crippen LogP contribution in [0.2, 0.25) is 0 Å². The molecule has 0 aromatic heterocycles. The molecule has 4 nitrogen and oxygen atoms in total. The first-order chi connectivity index (χ1) is 21.2. The topological polar surface area (TPSA) is 36.9 Å². The lowest BCUT2D eigenvalue weighted by atomic mass is 9.75. The van der Waals surface area contributed by atoms with Gasteiger partial charge in [-0.05, 0) is 148 Å². The van der Waals surface area contributed by atoms with Crippen LogP contribution in [0.25, 0.3) is 0 Å². The summed E-state index contributed by atoms with van der Waals surface area (Å²) in [7, 11) is -3.38. The Morgan fingerprint density at radius 2 is 0.978 bits per heavy atom. The number of allylic oxidation sites excluding steroid dienone is 6. The van der Waals surface area contributed by atoms with Gasteiger partial charge in [-0.15, -0.1) is 0 Å². The molecule has 0 bridgehead atoms. The van der Waals surface area contributed by atoms with Crippen molar-refractivity contribution in [3.05, 3.63) is 34.9 Å². The van der Waals surface area contributed by atoms with Gasteiger partial charge in [-0.1, -0.05) is 82.9 Å². The summed E-state index contributed by atoms with van der Waals surface area (Å²) in [6.07, 6.45) is 20.6. The van der Waals surface area contributed by atoms with Crippen molar-refractivity contribution < 1.29 is 17.7 Å². The summed E-state index contributed by atoms with van der Waals surface area (Å²) >= 11 is 0. The first-order valence-electron chi connectivity index (χ1n) is 18.7. The molecule has 0 aromatic carbocycles. The third-order valence-electron chi connectivity index (χ3n) is 9.56. The Labute approximate surface area is 282 Å². The molecule has 1 rings (SSSR count). The molecule has 0 aliphatic heterocycles. The number of hydrogen-bond acceptors (Lipinski definition) is 4. The molecule has 45 heavy (non-hydrogen) atoms. The van der Waals surface area contributed by atoms with Crippen LogP contribution in [0.15, 0.2) is 34.9 Å². The van der Waals surface area contributed by atoms with Crippen LogP contribution in [0.1, 0.15) is 160 Å². The summed E-state index contributed by atoms with van der Waals surface area (Å²) in [6.45, 7) is 29.1. The van der Waals surface area contributed by atoms with Crippen molar-refractivity contribution >= 4 is 9.05 Å². The van der Waals surface area contributed by atoms with E-state index in [-0.39, 0.29) is 6.10 Å². The Bertz CT molecular complexity index is 767.